The van der Waals surface area contributed by atoms with Gasteiger partial charge >= 0.3 is 5.97 Å². The van der Waals surface area contributed by atoms with Crippen LogP contribution < -0.4 is 5.32 Å². The van der Waals surface area contributed by atoms with Gasteiger partial charge in [-0.3, -0.25) is 9.59 Å². The van der Waals surface area contributed by atoms with Gasteiger partial charge in [-0.05, 0) is 43.7 Å². The Kier molecular flexibility index (Phi) is 4.20. The van der Waals surface area contributed by atoms with Crippen LogP contribution in [-0.4, -0.2) is 37.2 Å². The number of carbonyl (C=O) groups is 2. The van der Waals surface area contributed by atoms with Gasteiger partial charge < -0.3 is 10.4 Å². The van der Waals surface area contributed by atoms with Crippen LogP contribution in [0.15, 0.2) is 24.3 Å². The van der Waals surface area contributed by atoms with Crippen molar-refractivity contribution in [2.75, 3.05) is 5.32 Å². The zero-order valence-electron chi connectivity index (χ0n) is 12.6. The van der Waals surface area contributed by atoms with Crippen LogP contribution in [0.2, 0.25) is 0 Å². The van der Waals surface area contributed by atoms with Crippen molar-refractivity contribution in [1.29, 1.82) is 0 Å². The zero-order valence-corrected chi connectivity index (χ0v) is 12.6. The van der Waals surface area contributed by atoms with E-state index in [2.05, 4.69) is 20.7 Å². The van der Waals surface area contributed by atoms with Crippen LogP contribution in [0.3, 0.4) is 0 Å². The molecule has 8 nitrogen and oxygen atoms in total. The van der Waals surface area contributed by atoms with Gasteiger partial charge in [0, 0.05) is 5.69 Å². The Balaban J connectivity index is 2.12. The fourth-order valence-electron chi connectivity index (χ4n) is 1.71. The highest BCUT2D eigenvalue weighted by molar-refractivity contribution is 6.01. The third-order valence-corrected chi connectivity index (χ3v) is 2.76. The van der Waals surface area contributed by atoms with E-state index in [0.717, 1.165) is 0 Å². The molecule has 0 unspecified atom stereocenters. The Hall–Kier alpha value is -2.77. The average Bonchev–Trinajstić information content (AvgIpc) is 2.87. The first-order valence-electron chi connectivity index (χ1n) is 6.68. The number of aliphatic carboxylic acids is 1. The highest BCUT2D eigenvalue weighted by Crippen LogP contribution is 2.13. The maximum atomic E-state index is 12.1. The first kappa shape index (κ1) is 15.6. The van der Waals surface area contributed by atoms with Crippen LogP contribution in [0.25, 0.3) is 0 Å². The fraction of sp³-hybridized carbons (Fsp3) is 0.357. The Morgan fingerprint density at radius 3 is 2.64 bits per heavy atom. The van der Waals surface area contributed by atoms with Crippen LogP contribution in [0, 0.1) is 0 Å². The minimum atomic E-state index is -0.932. The minimum Gasteiger partial charge on any atom is -0.481 e. The molecule has 2 rings (SSSR count). The van der Waals surface area contributed by atoms with E-state index >= 15 is 0 Å². The summed E-state index contributed by atoms with van der Waals surface area (Å²) in [5.41, 5.74) is 0.708. The fourth-order valence-corrected chi connectivity index (χ4v) is 1.71. The molecular weight excluding hydrogens is 286 g/mol. The van der Waals surface area contributed by atoms with Gasteiger partial charge in [0.2, 0.25) is 0 Å². The summed E-state index contributed by atoms with van der Waals surface area (Å²) in [6, 6.07) is 6.61. The van der Waals surface area contributed by atoms with E-state index in [1.165, 1.54) is 4.80 Å². The van der Waals surface area contributed by atoms with Crippen molar-refractivity contribution in [1.82, 2.24) is 20.2 Å². The molecule has 0 saturated carbocycles. The molecule has 116 valence electrons. The summed E-state index contributed by atoms with van der Waals surface area (Å²) in [6.07, 6.45) is -0.109. The van der Waals surface area contributed by atoms with Gasteiger partial charge in [0.05, 0.1) is 12.0 Å². The predicted octanol–water partition coefficient (Wildman–Crippen LogP) is 1.31. The maximum Gasteiger partial charge on any atom is 0.307 e. The maximum absolute atomic E-state index is 12.1. The quantitative estimate of drug-likeness (QED) is 0.881. The van der Waals surface area contributed by atoms with Gasteiger partial charge in [-0.15, -0.1) is 10.2 Å². The third-order valence-electron chi connectivity index (χ3n) is 2.76. The van der Waals surface area contributed by atoms with E-state index < -0.39 is 11.9 Å². The predicted molar refractivity (Wildman–Crippen MR) is 78.5 cm³/mol. The molecule has 0 saturated heterocycles. The Bertz CT molecular complexity index is 702. The molecule has 0 fully saturated rings. The molecule has 0 spiro atoms. The molecule has 0 aliphatic heterocycles. The highest BCUT2D eigenvalue weighted by atomic mass is 16.4. The SMILES string of the molecule is CC(C)(C)n1nnc(C(=O)Nc2cccc(CC(=O)O)c2)n1. The second-order valence-corrected chi connectivity index (χ2v) is 5.80. The largest absolute Gasteiger partial charge is 0.481 e. The number of nitrogens with one attached hydrogen (secondary N) is 1. The molecule has 1 aromatic carbocycles. The van der Waals surface area contributed by atoms with E-state index in [1.807, 2.05) is 20.8 Å². The second-order valence-electron chi connectivity index (χ2n) is 5.80. The Morgan fingerprint density at radius 1 is 1.32 bits per heavy atom. The molecule has 1 heterocycles. The van der Waals surface area contributed by atoms with Crippen LogP contribution in [0.5, 0.6) is 0 Å². The van der Waals surface area contributed by atoms with Crippen molar-refractivity contribution < 1.29 is 14.7 Å². The first-order valence-corrected chi connectivity index (χ1v) is 6.68. The van der Waals surface area contributed by atoms with Gasteiger partial charge in [0.25, 0.3) is 11.7 Å². The molecule has 1 aromatic heterocycles. The standard InChI is InChI=1S/C14H17N5O3/c1-14(2,3)19-17-12(16-18-19)13(22)15-10-6-4-5-9(7-10)8-11(20)21/h4-7H,8H2,1-3H3,(H,15,22)(H,20,21). The molecule has 8 heteroatoms. The summed E-state index contributed by atoms with van der Waals surface area (Å²) in [5.74, 6) is -1.47. The molecule has 0 radical (unpaired) electrons. The normalized spacial score (nSPS) is 11.2. The van der Waals surface area contributed by atoms with E-state index in [9.17, 15) is 9.59 Å². The monoisotopic (exact) mass is 303 g/mol. The summed E-state index contributed by atoms with van der Waals surface area (Å²) >= 11 is 0. The number of nitrogens with zero attached hydrogens (tertiary/aromatic N) is 4. The summed E-state index contributed by atoms with van der Waals surface area (Å²) in [4.78, 5) is 24.1. The van der Waals surface area contributed by atoms with Gasteiger partial charge in [-0.2, -0.15) is 4.80 Å². The molecule has 2 aromatic rings. The van der Waals surface area contributed by atoms with E-state index in [4.69, 9.17) is 5.11 Å². The highest BCUT2D eigenvalue weighted by Gasteiger charge is 2.20. The lowest BCUT2D eigenvalue weighted by molar-refractivity contribution is -0.136. The molecule has 1 amide bonds. The number of benzene rings is 1. The number of hydrogen-bond acceptors (Lipinski definition) is 5. The van der Waals surface area contributed by atoms with Crippen LogP contribution in [-0.2, 0) is 16.8 Å². The number of carboxylic acid groups (broad SMARTS) is 1. The molecule has 0 atom stereocenters. The number of tetrazole rings is 1. The van der Waals surface area contributed by atoms with Crippen molar-refractivity contribution in [3.05, 3.63) is 35.7 Å². The molecule has 0 aliphatic carbocycles. The molecular formula is C14H17N5O3. The minimum absolute atomic E-state index is 0.0430. The topological polar surface area (TPSA) is 110 Å². The van der Waals surface area contributed by atoms with Crippen LogP contribution in [0.4, 0.5) is 5.69 Å². The van der Waals surface area contributed by atoms with Gasteiger partial charge in [0.15, 0.2) is 0 Å². The van der Waals surface area contributed by atoms with Crippen LogP contribution >= 0.6 is 0 Å². The third kappa shape index (κ3) is 3.87. The van der Waals surface area contributed by atoms with Crippen molar-refractivity contribution in [2.24, 2.45) is 0 Å². The summed E-state index contributed by atoms with van der Waals surface area (Å²) in [5, 5.41) is 23.0. The second kappa shape index (κ2) is 5.92. The number of aromatic nitrogens is 4. The van der Waals surface area contributed by atoms with E-state index in [-0.39, 0.29) is 17.8 Å². The average molecular weight is 303 g/mol. The van der Waals surface area contributed by atoms with Gasteiger partial charge in [-0.25, -0.2) is 0 Å². The lowest BCUT2D eigenvalue weighted by Crippen LogP contribution is -2.25. The number of carboxylic acids is 1. The van der Waals surface area contributed by atoms with Crippen molar-refractivity contribution in [3.8, 4) is 0 Å². The summed E-state index contributed by atoms with van der Waals surface area (Å²) < 4.78 is 0. The van der Waals surface area contributed by atoms with Crippen molar-refractivity contribution in [2.45, 2.75) is 32.7 Å². The number of hydrogen-bond donors (Lipinski definition) is 2. The lowest BCUT2D eigenvalue weighted by Gasteiger charge is -2.15. The smallest absolute Gasteiger partial charge is 0.307 e. The number of amides is 1. The van der Waals surface area contributed by atoms with Gasteiger partial charge in [0.1, 0.15) is 0 Å². The molecule has 0 bridgehead atoms. The Labute approximate surface area is 127 Å². The van der Waals surface area contributed by atoms with E-state index in [1.54, 1.807) is 24.3 Å². The van der Waals surface area contributed by atoms with Gasteiger partial charge in [-0.1, -0.05) is 12.1 Å². The van der Waals surface area contributed by atoms with Crippen LogP contribution in [0.1, 0.15) is 37.0 Å². The number of carbonyl (C=O) groups excluding carboxylic acids is 1. The number of rotatable bonds is 4. The Morgan fingerprint density at radius 2 is 2.05 bits per heavy atom. The first-order chi connectivity index (χ1) is 10.3. The molecule has 0 aliphatic rings. The van der Waals surface area contributed by atoms with E-state index in [0.29, 0.717) is 11.3 Å². The molecule has 2 N–H and O–H groups in total. The lowest BCUT2D eigenvalue weighted by atomic mass is 10.1. The summed E-state index contributed by atoms with van der Waals surface area (Å²) in [6.45, 7) is 5.68. The van der Waals surface area contributed by atoms with Crippen molar-refractivity contribution in [3.63, 3.8) is 0 Å². The molecule has 22 heavy (non-hydrogen) atoms. The summed E-state index contributed by atoms with van der Waals surface area (Å²) in [7, 11) is 0. The zero-order chi connectivity index (χ0) is 16.3. The van der Waals surface area contributed by atoms with Crippen molar-refractivity contribution >= 4 is 17.6 Å². The number of anilines is 1.